The topological polar surface area (TPSA) is 113 Å². The van der Waals surface area contributed by atoms with Gasteiger partial charge in [0.1, 0.15) is 36.4 Å². The van der Waals surface area contributed by atoms with Crippen LogP contribution in [0.1, 0.15) is 37.8 Å². The standard InChI is InChI=1S/C27H30N2O6/c1-5-31-23-15-19(11-12-22(23)34-14-13-33-21-10-8-7-9-17(21)3)25-20(16-28)26(29)35-18(4)24(25)27(30)32-6-2/h7-12,15,25H,5-6,13-14,29H2,1-4H3. The molecule has 3 rings (SSSR count). The van der Waals surface area contributed by atoms with E-state index in [-0.39, 0.29) is 29.4 Å². The number of aryl methyl sites for hydroxylation is 1. The molecule has 0 spiro atoms. The maximum atomic E-state index is 12.8. The molecule has 0 aliphatic carbocycles. The van der Waals surface area contributed by atoms with Gasteiger partial charge in [-0.1, -0.05) is 24.3 Å². The number of nitriles is 1. The van der Waals surface area contributed by atoms with Gasteiger partial charge < -0.3 is 29.4 Å². The molecular formula is C27H30N2O6. The molecule has 0 amide bonds. The second-order valence-corrected chi connectivity index (χ2v) is 7.72. The van der Waals surface area contributed by atoms with Gasteiger partial charge in [0.15, 0.2) is 11.5 Å². The molecule has 0 radical (unpaired) electrons. The van der Waals surface area contributed by atoms with Crippen LogP contribution in [0.15, 0.2) is 65.3 Å². The molecule has 1 unspecified atom stereocenters. The number of esters is 1. The van der Waals surface area contributed by atoms with Crippen molar-refractivity contribution in [1.82, 2.24) is 0 Å². The third-order valence-electron chi connectivity index (χ3n) is 5.39. The van der Waals surface area contributed by atoms with Crippen molar-refractivity contribution < 1.29 is 28.5 Å². The first-order chi connectivity index (χ1) is 16.9. The third kappa shape index (κ3) is 5.87. The van der Waals surface area contributed by atoms with Crippen LogP contribution in [-0.4, -0.2) is 32.4 Å². The summed E-state index contributed by atoms with van der Waals surface area (Å²) >= 11 is 0. The SMILES string of the molecule is CCOC(=O)C1=C(C)OC(N)=C(C#N)C1c1ccc(OCCOc2ccccc2C)c(OCC)c1. The van der Waals surface area contributed by atoms with Crippen LogP contribution in [-0.2, 0) is 14.3 Å². The zero-order valence-corrected chi connectivity index (χ0v) is 20.4. The van der Waals surface area contributed by atoms with Gasteiger partial charge in [0.05, 0.1) is 24.7 Å². The number of para-hydroxylation sites is 1. The number of ether oxygens (including phenoxy) is 5. The highest BCUT2D eigenvalue weighted by molar-refractivity contribution is 5.92. The Morgan fingerprint density at radius 3 is 2.37 bits per heavy atom. The first-order valence-corrected chi connectivity index (χ1v) is 11.4. The van der Waals surface area contributed by atoms with Crippen molar-refractivity contribution in [3.63, 3.8) is 0 Å². The van der Waals surface area contributed by atoms with E-state index in [2.05, 4.69) is 6.07 Å². The van der Waals surface area contributed by atoms with Crippen LogP contribution in [0.25, 0.3) is 0 Å². The smallest absolute Gasteiger partial charge is 0.338 e. The Kier molecular flexibility index (Phi) is 8.63. The van der Waals surface area contributed by atoms with Crippen molar-refractivity contribution in [2.45, 2.75) is 33.6 Å². The normalized spacial score (nSPS) is 15.2. The maximum Gasteiger partial charge on any atom is 0.338 e. The summed E-state index contributed by atoms with van der Waals surface area (Å²) in [4.78, 5) is 12.8. The molecule has 0 fully saturated rings. The highest BCUT2D eigenvalue weighted by atomic mass is 16.5. The third-order valence-corrected chi connectivity index (χ3v) is 5.39. The zero-order valence-electron chi connectivity index (χ0n) is 20.4. The van der Waals surface area contributed by atoms with Crippen molar-refractivity contribution in [2.24, 2.45) is 5.73 Å². The van der Waals surface area contributed by atoms with Crippen molar-refractivity contribution in [3.05, 3.63) is 76.4 Å². The second kappa shape index (κ2) is 11.8. The fraction of sp³-hybridized carbons (Fsp3) is 0.333. The maximum absolute atomic E-state index is 12.8. The predicted molar refractivity (Wildman–Crippen MR) is 130 cm³/mol. The van der Waals surface area contributed by atoms with Gasteiger partial charge in [0.2, 0.25) is 5.88 Å². The Morgan fingerprint density at radius 2 is 1.71 bits per heavy atom. The first-order valence-electron chi connectivity index (χ1n) is 11.4. The molecule has 2 aromatic carbocycles. The molecule has 1 aliphatic rings. The van der Waals surface area contributed by atoms with E-state index in [4.69, 9.17) is 29.4 Å². The fourth-order valence-corrected chi connectivity index (χ4v) is 3.80. The molecule has 1 aliphatic heterocycles. The molecular weight excluding hydrogens is 448 g/mol. The van der Waals surface area contributed by atoms with Crippen molar-refractivity contribution in [2.75, 3.05) is 26.4 Å². The van der Waals surface area contributed by atoms with Gasteiger partial charge in [-0.3, -0.25) is 0 Å². The van der Waals surface area contributed by atoms with E-state index >= 15 is 0 Å². The molecule has 0 aromatic heterocycles. The van der Waals surface area contributed by atoms with Crippen molar-refractivity contribution >= 4 is 5.97 Å². The Labute approximate surface area is 205 Å². The van der Waals surface area contributed by atoms with E-state index in [9.17, 15) is 10.1 Å². The Balaban J connectivity index is 1.86. The van der Waals surface area contributed by atoms with Gasteiger partial charge in [0, 0.05) is 0 Å². The summed E-state index contributed by atoms with van der Waals surface area (Å²) in [6, 6.07) is 15.1. The summed E-state index contributed by atoms with van der Waals surface area (Å²) in [6.07, 6.45) is 0. The molecule has 2 N–H and O–H groups in total. The van der Waals surface area contributed by atoms with Crippen molar-refractivity contribution in [1.29, 1.82) is 5.26 Å². The van der Waals surface area contributed by atoms with E-state index in [1.807, 2.05) is 38.1 Å². The molecule has 0 bridgehead atoms. The second-order valence-electron chi connectivity index (χ2n) is 7.72. The van der Waals surface area contributed by atoms with Crippen LogP contribution in [0.3, 0.4) is 0 Å². The molecule has 1 atom stereocenters. The van der Waals surface area contributed by atoms with E-state index in [1.165, 1.54) is 0 Å². The highest BCUT2D eigenvalue weighted by Gasteiger charge is 2.36. The minimum atomic E-state index is -0.759. The lowest BCUT2D eigenvalue weighted by Crippen LogP contribution is -2.25. The van der Waals surface area contributed by atoms with E-state index in [1.54, 1.807) is 32.0 Å². The van der Waals surface area contributed by atoms with Gasteiger partial charge in [0.25, 0.3) is 0 Å². The monoisotopic (exact) mass is 478 g/mol. The average Bonchev–Trinajstić information content (AvgIpc) is 2.83. The summed E-state index contributed by atoms with van der Waals surface area (Å²) in [5.74, 6) is 0.714. The number of nitrogens with two attached hydrogens (primary N) is 1. The molecule has 184 valence electrons. The number of carbonyl (C=O) groups excluding carboxylic acids is 1. The summed E-state index contributed by atoms with van der Waals surface area (Å²) in [7, 11) is 0. The number of hydrogen-bond donors (Lipinski definition) is 1. The van der Waals surface area contributed by atoms with Crippen LogP contribution in [0.5, 0.6) is 17.2 Å². The van der Waals surface area contributed by atoms with Gasteiger partial charge >= 0.3 is 5.97 Å². The van der Waals surface area contributed by atoms with Crippen LogP contribution < -0.4 is 19.9 Å². The lowest BCUT2D eigenvalue weighted by Gasteiger charge is -2.27. The number of hydrogen-bond acceptors (Lipinski definition) is 8. The van der Waals surface area contributed by atoms with E-state index in [0.717, 1.165) is 11.3 Å². The lowest BCUT2D eigenvalue weighted by atomic mass is 9.83. The average molecular weight is 479 g/mol. The summed E-state index contributed by atoms with van der Waals surface area (Å²) in [5, 5.41) is 9.78. The highest BCUT2D eigenvalue weighted by Crippen LogP contribution is 2.42. The fourth-order valence-electron chi connectivity index (χ4n) is 3.80. The number of allylic oxidation sites excluding steroid dienone is 2. The molecule has 8 nitrogen and oxygen atoms in total. The minimum Gasteiger partial charge on any atom is -0.490 e. The molecule has 35 heavy (non-hydrogen) atoms. The Hall–Kier alpha value is -4.12. The summed E-state index contributed by atoms with van der Waals surface area (Å²) in [5.41, 5.74) is 8.01. The van der Waals surface area contributed by atoms with Crippen LogP contribution in [0, 0.1) is 18.3 Å². The molecule has 0 saturated heterocycles. The van der Waals surface area contributed by atoms with Crippen LogP contribution >= 0.6 is 0 Å². The summed E-state index contributed by atoms with van der Waals surface area (Å²) < 4.78 is 28.2. The predicted octanol–water partition coefficient (Wildman–Crippen LogP) is 4.50. The first kappa shape index (κ1) is 25.5. The summed E-state index contributed by atoms with van der Waals surface area (Å²) in [6.45, 7) is 8.41. The zero-order chi connectivity index (χ0) is 25.4. The largest absolute Gasteiger partial charge is 0.490 e. The molecule has 2 aromatic rings. The quantitative estimate of drug-likeness (QED) is 0.392. The Bertz CT molecular complexity index is 1180. The number of benzene rings is 2. The Morgan fingerprint density at radius 1 is 1.00 bits per heavy atom. The van der Waals surface area contributed by atoms with Gasteiger partial charge in [-0.15, -0.1) is 0 Å². The van der Waals surface area contributed by atoms with E-state index in [0.29, 0.717) is 36.9 Å². The van der Waals surface area contributed by atoms with E-state index < -0.39 is 11.9 Å². The van der Waals surface area contributed by atoms with Crippen LogP contribution in [0.2, 0.25) is 0 Å². The van der Waals surface area contributed by atoms with Crippen LogP contribution in [0.4, 0.5) is 0 Å². The van der Waals surface area contributed by atoms with Crippen molar-refractivity contribution in [3.8, 4) is 23.3 Å². The lowest BCUT2D eigenvalue weighted by molar-refractivity contribution is -0.139. The number of carbonyl (C=O) groups is 1. The van der Waals surface area contributed by atoms with Gasteiger partial charge in [-0.25, -0.2) is 4.79 Å². The van der Waals surface area contributed by atoms with Gasteiger partial charge in [-0.2, -0.15) is 5.26 Å². The molecule has 0 saturated carbocycles. The molecule has 1 heterocycles. The minimum absolute atomic E-state index is 0.0466. The van der Waals surface area contributed by atoms with Gasteiger partial charge in [-0.05, 0) is 57.0 Å². The number of rotatable bonds is 10. The number of nitrogens with zero attached hydrogens (tertiary/aromatic N) is 1. The molecule has 8 heteroatoms.